The Kier molecular flexibility index (Phi) is 5.30. The van der Waals surface area contributed by atoms with E-state index in [0.717, 1.165) is 57.3 Å². The molecule has 1 aromatic carbocycles. The van der Waals surface area contributed by atoms with Crippen LogP contribution in [-0.2, 0) is 4.79 Å². The molecule has 3 N–H and O–H groups in total. The van der Waals surface area contributed by atoms with Gasteiger partial charge in [0.1, 0.15) is 5.69 Å². The zero-order valence-corrected chi connectivity index (χ0v) is 18.8. The molecule has 1 aliphatic rings. The van der Waals surface area contributed by atoms with Gasteiger partial charge in [-0.2, -0.15) is 5.10 Å². The fourth-order valence-corrected chi connectivity index (χ4v) is 4.99. The molecule has 0 atom stereocenters. The molecule has 5 aromatic rings. The minimum Gasteiger partial charge on any atom is -0.353 e. The molecule has 4 aromatic heterocycles. The molecule has 4 heterocycles. The Morgan fingerprint density at radius 1 is 1.00 bits per heavy atom. The second-order valence-electron chi connectivity index (χ2n) is 9.18. The van der Waals surface area contributed by atoms with E-state index in [4.69, 9.17) is 0 Å². The first kappa shape index (κ1) is 20.6. The first-order valence-corrected chi connectivity index (χ1v) is 11.9. The van der Waals surface area contributed by atoms with E-state index in [9.17, 15) is 4.79 Å². The first-order valence-electron chi connectivity index (χ1n) is 11.9. The molecule has 170 valence electrons. The third kappa shape index (κ3) is 4.05. The molecule has 6 rings (SSSR count). The molecule has 1 aliphatic carbocycles. The number of para-hydroxylation sites is 1. The van der Waals surface area contributed by atoms with Gasteiger partial charge in [0.15, 0.2) is 0 Å². The fraction of sp³-hybridized carbons (Fsp3) is 0.259. The summed E-state index contributed by atoms with van der Waals surface area (Å²) in [7, 11) is 0. The molecule has 34 heavy (non-hydrogen) atoms. The van der Waals surface area contributed by atoms with Gasteiger partial charge in [-0.25, -0.2) is 0 Å². The highest BCUT2D eigenvalue weighted by molar-refractivity contribution is 5.97. The number of hydrogen-bond acceptors (Lipinski definition) is 4. The van der Waals surface area contributed by atoms with Crippen LogP contribution in [0.25, 0.3) is 44.5 Å². The van der Waals surface area contributed by atoms with Crippen LogP contribution in [0.5, 0.6) is 0 Å². The summed E-state index contributed by atoms with van der Waals surface area (Å²) in [5.74, 6) is 0.559. The minimum absolute atomic E-state index is 0.0604. The van der Waals surface area contributed by atoms with Crippen molar-refractivity contribution in [2.45, 2.75) is 38.5 Å². The van der Waals surface area contributed by atoms with Gasteiger partial charge in [0, 0.05) is 34.5 Å². The van der Waals surface area contributed by atoms with Crippen molar-refractivity contribution in [1.29, 1.82) is 0 Å². The van der Waals surface area contributed by atoms with Crippen LogP contribution in [0.3, 0.4) is 0 Å². The largest absolute Gasteiger partial charge is 0.353 e. The third-order valence-electron chi connectivity index (χ3n) is 6.75. The number of fused-ring (bicyclic) bond motifs is 2. The van der Waals surface area contributed by atoms with Crippen molar-refractivity contribution < 1.29 is 4.79 Å². The van der Waals surface area contributed by atoms with Crippen LogP contribution >= 0.6 is 0 Å². The van der Waals surface area contributed by atoms with Crippen molar-refractivity contribution in [3.05, 3.63) is 61.1 Å². The van der Waals surface area contributed by atoms with Crippen molar-refractivity contribution in [2.24, 2.45) is 5.92 Å². The van der Waals surface area contributed by atoms with Crippen LogP contribution in [0.2, 0.25) is 0 Å². The van der Waals surface area contributed by atoms with E-state index < -0.39 is 0 Å². The van der Waals surface area contributed by atoms with Crippen LogP contribution in [0.15, 0.2) is 61.1 Å². The Morgan fingerprint density at radius 2 is 1.88 bits per heavy atom. The van der Waals surface area contributed by atoms with E-state index in [1.54, 1.807) is 18.6 Å². The number of nitrogens with zero attached hydrogens (tertiary/aromatic N) is 3. The number of nitrogens with one attached hydrogen (secondary N) is 3. The van der Waals surface area contributed by atoms with E-state index >= 15 is 0 Å². The van der Waals surface area contributed by atoms with E-state index in [0.29, 0.717) is 18.0 Å². The number of anilines is 1. The van der Waals surface area contributed by atoms with Gasteiger partial charge in [0.25, 0.3) is 0 Å². The Morgan fingerprint density at radius 3 is 2.76 bits per heavy atom. The van der Waals surface area contributed by atoms with Gasteiger partial charge < -0.3 is 10.3 Å². The van der Waals surface area contributed by atoms with E-state index in [1.165, 1.54) is 19.3 Å². The highest BCUT2D eigenvalue weighted by Crippen LogP contribution is 2.31. The molecule has 0 radical (unpaired) electrons. The van der Waals surface area contributed by atoms with Crippen LogP contribution in [-0.4, -0.2) is 31.1 Å². The number of aromatic nitrogens is 5. The Hall–Kier alpha value is -4.00. The summed E-state index contributed by atoms with van der Waals surface area (Å²) in [6.45, 7) is 0. The molecule has 7 nitrogen and oxygen atoms in total. The normalized spacial score (nSPS) is 14.6. The quantitative estimate of drug-likeness (QED) is 0.302. The summed E-state index contributed by atoms with van der Waals surface area (Å²) in [6.07, 6.45) is 11.9. The van der Waals surface area contributed by atoms with Gasteiger partial charge in [-0.3, -0.25) is 19.9 Å². The molecular weight excluding hydrogens is 424 g/mol. The molecule has 0 spiro atoms. The number of rotatable bonds is 5. The van der Waals surface area contributed by atoms with Crippen LogP contribution < -0.4 is 5.32 Å². The Labute approximate surface area is 197 Å². The maximum absolute atomic E-state index is 12.6. The molecule has 1 amide bonds. The van der Waals surface area contributed by atoms with Gasteiger partial charge in [-0.1, -0.05) is 37.5 Å². The van der Waals surface area contributed by atoms with Crippen LogP contribution in [0.1, 0.15) is 38.5 Å². The Balaban J connectivity index is 1.27. The lowest BCUT2D eigenvalue weighted by Crippen LogP contribution is -2.18. The van der Waals surface area contributed by atoms with Gasteiger partial charge >= 0.3 is 0 Å². The molecule has 0 aliphatic heterocycles. The zero-order valence-electron chi connectivity index (χ0n) is 18.8. The summed E-state index contributed by atoms with van der Waals surface area (Å²) in [5.41, 5.74) is 6.06. The van der Waals surface area contributed by atoms with Gasteiger partial charge in [0.2, 0.25) is 5.91 Å². The van der Waals surface area contributed by atoms with E-state index in [1.807, 2.05) is 24.3 Å². The topological polar surface area (TPSA) is 99.4 Å². The zero-order chi connectivity index (χ0) is 22.9. The summed E-state index contributed by atoms with van der Waals surface area (Å²) >= 11 is 0. The average Bonchev–Trinajstić information content (AvgIpc) is 3.48. The highest BCUT2D eigenvalue weighted by atomic mass is 16.1. The summed E-state index contributed by atoms with van der Waals surface area (Å²) in [4.78, 5) is 25.0. The molecule has 0 unspecified atom stereocenters. The van der Waals surface area contributed by atoms with Gasteiger partial charge in [-0.05, 0) is 43.0 Å². The number of benzene rings is 1. The number of amides is 1. The second kappa shape index (κ2) is 8.74. The van der Waals surface area contributed by atoms with Crippen molar-refractivity contribution in [3.63, 3.8) is 0 Å². The lowest BCUT2D eigenvalue weighted by Gasteiger charge is -2.20. The maximum Gasteiger partial charge on any atom is 0.224 e. The SMILES string of the molecule is O=C(CC1CCCCC1)Nc1cncc(-c2cc3c(-c4cc5ccccc5[nH]4)n[nH]c3cn2)c1. The first-order chi connectivity index (χ1) is 16.7. The van der Waals surface area contributed by atoms with Crippen molar-refractivity contribution in [1.82, 2.24) is 25.1 Å². The predicted molar refractivity (Wildman–Crippen MR) is 134 cm³/mol. The molecule has 0 bridgehead atoms. The average molecular weight is 451 g/mol. The van der Waals surface area contributed by atoms with Crippen LogP contribution in [0.4, 0.5) is 5.69 Å². The Bertz CT molecular complexity index is 1440. The number of aromatic amines is 2. The van der Waals surface area contributed by atoms with Crippen molar-refractivity contribution in [3.8, 4) is 22.6 Å². The lowest BCUT2D eigenvalue weighted by molar-refractivity contribution is -0.117. The summed E-state index contributed by atoms with van der Waals surface area (Å²) in [5, 5.41) is 12.8. The molecule has 1 fully saturated rings. The summed E-state index contributed by atoms with van der Waals surface area (Å²) in [6, 6.07) is 14.2. The smallest absolute Gasteiger partial charge is 0.224 e. The summed E-state index contributed by atoms with van der Waals surface area (Å²) < 4.78 is 0. The number of carbonyl (C=O) groups excluding carboxylic acids is 1. The highest BCUT2D eigenvalue weighted by Gasteiger charge is 2.18. The molecular formula is C27H26N6O. The fourth-order valence-electron chi connectivity index (χ4n) is 4.99. The van der Waals surface area contributed by atoms with E-state index in [2.05, 4.69) is 48.7 Å². The number of carbonyl (C=O) groups is 1. The number of pyridine rings is 2. The maximum atomic E-state index is 12.6. The molecule has 1 saturated carbocycles. The van der Waals surface area contributed by atoms with Crippen molar-refractivity contribution in [2.75, 3.05) is 5.32 Å². The van der Waals surface area contributed by atoms with E-state index in [-0.39, 0.29) is 5.91 Å². The number of hydrogen-bond donors (Lipinski definition) is 3. The monoisotopic (exact) mass is 450 g/mol. The lowest BCUT2D eigenvalue weighted by atomic mass is 9.87. The third-order valence-corrected chi connectivity index (χ3v) is 6.75. The van der Waals surface area contributed by atoms with Gasteiger partial charge in [-0.15, -0.1) is 0 Å². The number of H-pyrrole nitrogens is 2. The minimum atomic E-state index is 0.0604. The second-order valence-corrected chi connectivity index (χ2v) is 9.18. The molecule has 7 heteroatoms. The van der Waals surface area contributed by atoms with Gasteiger partial charge in [0.05, 0.1) is 35.0 Å². The predicted octanol–water partition coefficient (Wildman–Crippen LogP) is 6.08. The standard InChI is InChI=1S/C27H26N6O/c34-26(10-17-6-2-1-3-7-17)30-20-11-19(14-28-15-20)23-13-21-25(16-29-23)32-33-27(21)24-12-18-8-4-5-9-22(18)31-24/h4-5,8-9,11-17,31H,1-3,6-7,10H2,(H,30,34)(H,32,33). The van der Waals surface area contributed by atoms with Crippen molar-refractivity contribution >= 4 is 33.4 Å². The molecule has 0 saturated heterocycles. The van der Waals surface area contributed by atoms with Crippen LogP contribution in [0, 0.1) is 5.92 Å².